The fourth-order valence-electron chi connectivity index (χ4n) is 3.48. The molecule has 1 atom stereocenters. The summed E-state index contributed by atoms with van der Waals surface area (Å²) < 4.78 is 13.5. The van der Waals surface area contributed by atoms with Gasteiger partial charge in [-0.05, 0) is 57.6 Å². The molecule has 0 radical (unpaired) electrons. The summed E-state index contributed by atoms with van der Waals surface area (Å²) in [7, 11) is 0.162. The number of hydrogen-bond acceptors (Lipinski definition) is 7. The van der Waals surface area contributed by atoms with Crippen molar-refractivity contribution in [1.29, 1.82) is 0 Å². The van der Waals surface area contributed by atoms with Crippen LogP contribution in [0.2, 0.25) is 25.7 Å². The summed E-state index contributed by atoms with van der Waals surface area (Å²) in [6.45, 7) is 13.1. The van der Waals surface area contributed by atoms with Crippen LogP contribution in [0, 0.1) is 0 Å². The van der Waals surface area contributed by atoms with Crippen LogP contribution in [-0.4, -0.2) is 54.0 Å². The minimum absolute atomic E-state index is 0.207. The highest BCUT2D eigenvalue weighted by molar-refractivity contribution is 6.76. The number of esters is 1. The smallest absolute Gasteiger partial charge is 0.411 e. The highest BCUT2D eigenvalue weighted by Gasteiger charge is 2.30. The van der Waals surface area contributed by atoms with Crippen LogP contribution in [0.25, 0.3) is 11.3 Å². The summed E-state index contributed by atoms with van der Waals surface area (Å²) >= 11 is 0. The predicted molar refractivity (Wildman–Crippen MR) is 149 cm³/mol. The first-order valence-electron chi connectivity index (χ1n) is 12.2. The Morgan fingerprint density at radius 3 is 2.49 bits per heavy atom. The molecule has 0 aliphatic heterocycles. The van der Waals surface area contributed by atoms with Crippen molar-refractivity contribution >= 4 is 31.5 Å². The average molecular weight is 532 g/mol. The Balaban J connectivity index is 2.51. The lowest BCUT2D eigenvalue weighted by Crippen LogP contribution is -2.29. The molecular formula is C26H41N5O5Si. The molecule has 5 N–H and O–H groups in total. The number of nitrogens with zero attached hydrogens (tertiary/aromatic N) is 3. The molecule has 0 fully saturated rings. The van der Waals surface area contributed by atoms with Crippen LogP contribution in [0.15, 0.2) is 36.7 Å². The Labute approximate surface area is 220 Å². The molecule has 37 heavy (non-hydrogen) atoms. The third kappa shape index (κ3) is 8.94. The highest BCUT2D eigenvalue weighted by Crippen LogP contribution is 2.32. The molecule has 0 saturated heterocycles. The van der Waals surface area contributed by atoms with E-state index in [2.05, 4.69) is 19.6 Å². The Morgan fingerprint density at radius 1 is 1.27 bits per heavy atom. The largest absolute Gasteiger partial charge is 0.465 e. The lowest BCUT2D eigenvalue weighted by Gasteiger charge is -2.24. The minimum atomic E-state index is -1.28. The predicted octanol–water partition coefficient (Wildman–Crippen LogP) is 4.85. The van der Waals surface area contributed by atoms with Crippen molar-refractivity contribution in [3.05, 3.63) is 42.5 Å². The summed E-state index contributed by atoms with van der Waals surface area (Å²) in [6, 6.07) is 5.95. The molecule has 0 spiro atoms. The standard InChI is InChI=1S/C26H41N5O5Si/c1-26(2,3)36-24(32)20(9-8-12-27)23-29-22(16-31(23)17-35-13-14-37(5,6)7)19-11-10-18(15-21(19)28)30(4)25(33)34/h8,10-12,15-16,20H,9,13-14,17,27-28H2,1-7H3,(H,33,34)/t20-/m0/s1. The lowest BCUT2D eigenvalue weighted by molar-refractivity contribution is -0.157. The number of hydrogen-bond donors (Lipinski definition) is 3. The topological polar surface area (TPSA) is 146 Å². The quantitative estimate of drug-likeness (QED) is 0.161. The van der Waals surface area contributed by atoms with Gasteiger partial charge in [0.05, 0.1) is 5.69 Å². The number of rotatable bonds is 11. The van der Waals surface area contributed by atoms with Crippen molar-refractivity contribution in [1.82, 2.24) is 9.55 Å². The second-order valence-corrected chi connectivity index (χ2v) is 16.8. The maximum absolute atomic E-state index is 13.2. The normalized spacial score (nSPS) is 13.1. The number of carboxylic acid groups (broad SMARTS) is 1. The van der Waals surface area contributed by atoms with Crippen molar-refractivity contribution in [3.63, 3.8) is 0 Å². The molecule has 10 nitrogen and oxygen atoms in total. The van der Waals surface area contributed by atoms with Crippen LogP contribution < -0.4 is 16.4 Å². The molecule has 1 aromatic heterocycles. The average Bonchev–Trinajstić information content (AvgIpc) is 3.17. The van der Waals surface area contributed by atoms with Gasteiger partial charge in [0, 0.05) is 44.9 Å². The van der Waals surface area contributed by atoms with E-state index in [9.17, 15) is 14.7 Å². The number of imidazole rings is 1. The summed E-state index contributed by atoms with van der Waals surface area (Å²) in [5.74, 6) is -0.661. The molecule has 1 heterocycles. The monoisotopic (exact) mass is 531 g/mol. The van der Waals surface area contributed by atoms with Crippen LogP contribution >= 0.6 is 0 Å². The van der Waals surface area contributed by atoms with E-state index in [1.165, 1.54) is 13.2 Å². The second kappa shape index (κ2) is 12.3. The number of anilines is 2. The molecule has 11 heteroatoms. The van der Waals surface area contributed by atoms with Crippen molar-refractivity contribution in [3.8, 4) is 11.3 Å². The number of nitrogens with two attached hydrogens (primary N) is 2. The van der Waals surface area contributed by atoms with Crippen LogP contribution in [-0.2, 0) is 21.0 Å². The zero-order valence-electron chi connectivity index (χ0n) is 22.9. The third-order valence-electron chi connectivity index (χ3n) is 5.53. The Kier molecular flexibility index (Phi) is 9.93. The van der Waals surface area contributed by atoms with Gasteiger partial charge in [-0.15, -0.1) is 0 Å². The number of benzene rings is 1. The van der Waals surface area contributed by atoms with Crippen molar-refractivity contribution in [2.75, 3.05) is 24.3 Å². The zero-order valence-corrected chi connectivity index (χ0v) is 23.9. The number of nitrogen functional groups attached to an aromatic ring is 1. The molecule has 0 bridgehead atoms. The first-order chi connectivity index (χ1) is 17.1. The Bertz CT molecular complexity index is 1120. The van der Waals surface area contributed by atoms with Gasteiger partial charge < -0.3 is 30.6 Å². The van der Waals surface area contributed by atoms with E-state index < -0.39 is 31.7 Å². The number of carbonyl (C=O) groups is 2. The van der Waals surface area contributed by atoms with E-state index in [0.717, 1.165) is 10.9 Å². The number of carbonyl (C=O) groups excluding carboxylic acids is 1. The fraction of sp³-hybridized carbons (Fsp3) is 0.500. The number of allylic oxidation sites excluding steroid dienone is 1. The minimum Gasteiger partial charge on any atom is -0.465 e. The van der Waals surface area contributed by atoms with E-state index >= 15 is 0 Å². The van der Waals surface area contributed by atoms with Crippen LogP contribution in [0.1, 0.15) is 38.9 Å². The summed E-state index contributed by atoms with van der Waals surface area (Å²) in [6.07, 6.45) is 4.09. The molecular weight excluding hydrogens is 490 g/mol. The van der Waals surface area contributed by atoms with E-state index in [4.69, 9.17) is 25.9 Å². The molecule has 2 aromatic rings. The maximum Gasteiger partial charge on any atom is 0.411 e. The third-order valence-corrected chi connectivity index (χ3v) is 7.23. The van der Waals surface area contributed by atoms with E-state index in [-0.39, 0.29) is 6.73 Å². The molecule has 2 rings (SSSR count). The second-order valence-electron chi connectivity index (χ2n) is 11.2. The van der Waals surface area contributed by atoms with Crippen molar-refractivity contribution in [2.45, 2.75) is 71.1 Å². The van der Waals surface area contributed by atoms with Crippen LogP contribution in [0.4, 0.5) is 16.2 Å². The number of ether oxygens (including phenoxy) is 2. The SMILES string of the molecule is CN(C(=O)O)c1ccc(-c2cn(COCC[Si](C)(C)C)c([C@H](CC=CN)C(=O)OC(C)(C)C)n2)c(N)c1. The van der Waals surface area contributed by atoms with Gasteiger partial charge in [-0.25, -0.2) is 9.78 Å². The summed E-state index contributed by atoms with van der Waals surface area (Å²) in [5.41, 5.74) is 13.2. The molecule has 1 aromatic carbocycles. The van der Waals surface area contributed by atoms with Crippen LogP contribution in [0.3, 0.4) is 0 Å². The van der Waals surface area contributed by atoms with Gasteiger partial charge >= 0.3 is 12.1 Å². The van der Waals surface area contributed by atoms with Gasteiger partial charge in [0.25, 0.3) is 0 Å². The van der Waals surface area contributed by atoms with Crippen LogP contribution in [0.5, 0.6) is 0 Å². The van der Waals surface area contributed by atoms with Gasteiger partial charge in [0.2, 0.25) is 0 Å². The van der Waals surface area contributed by atoms with Gasteiger partial charge in [0.1, 0.15) is 24.1 Å². The fourth-order valence-corrected chi connectivity index (χ4v) is 4.24. The number of aromatic nitrogens is 2. The van der Waals surface area contributed by atoms with Gasteiger partial charge in [-0.2, -0.15) is 0 Å². The Hall–Kier alpha value is -3.31. The lowest BCUT2D eigenvalue weighted by atomic mass is 10.0. The molecule has 0 saturated carbocycles. The molecule has 0 unspecified atom stereocenters. The maximum atomic E-state index is 13.2. The molecule has 1 amide bonds. The van der Waals surface area contributed by atoms with Gasteiger partial charge in [0.15, 0.2) is 0 Å². The zero-order chi connectivity index (χ0) is 28.0. The van der Waals surface area contributed by atoms with E-state index in [0.29, 0.717) is 41.5 Å². The van der Waals surface area contributed by atoms with Gasteiger partial charge in [-0.3, -0.25) is 9.69 Å². The summed E-state index contributed by atoms with van der Waals surface area (Å²) in [4.78, 5) is 30.4. The first-order valence-corrected chi connectivity index (χ1v) is 15.9. The molecule has 0 aliphatic carbocycles. The Morgan fingerprint density at radius 2 is 1.95 bits per heavy atom. The molecule has 204 valence electrons. The van der Waals surface area contributed by atoms with E-state index in [1.807, 2.05) is 20.8 Å². The highest BCUT2D eigenvalue weighted by atomic mass is 28.3. The van der Waals surface area contributed by atoms with Crippen molar-refractivity contribution in [2.24, 2.45) is 5.73 Å². The van der Waals surface area contributed by atoms with Gasteiger partial charge in [-0.1, -0.05) is 25.7 Å². The van der Waals surface area contributed by atoms with Crippen molar-refractivity contribution < 1.29 is 24.2 Å². The summed E-state index contributed by atoms with van der Waals surface area (Å²) in [5, 5.41) is 9.27. The molecule has 0 aliphatic rings. The first kappa shape index (κ1) is 29.9. The van der Waals surface area contributed by atoms with E-state index in [1.54, 1.807) is 35.0 Å². The number of amides is 1.